The van der Waals surface area contributed by atoms with E-state index in [0.29, 0.717) is 32.3 Å². The minimum atomic E-state index is -1.59. The van der Waals surface area contributed by atoms with Gasteiger partial charge in [0, 0.05) is 12.8 Å². The number of esters is 1. The lowest BCUT2D eigenvalue weighted by atomic mass is 9.99. The Kier molecular flexibility index (Phi) is 44.6. The molecule has 1 aliphatic rings. The van der Waals surface area contributed by atoms with Crippen molar-refractivity contribution in [1.29, 1.82) is 0 Å². The van der Waals surface area contributed by atoms with Crippen molar-refractivity contribution in [2.24, 2.45) is 0 Å². The number of aliphatic hydroxyl groups is 5. The molecule has 7 unspecified atom stereocenters. The van der Waals surface area contributed by atoms with Gasteiger partial charge in [0.25, 0.3) is 0 Å². The SMILES string of the molecule is CCC/C=C\C/C=C\CCCCCCCC(=O)OCCCCC/C=C\C=C/CCCCCCCCC(=O)NC(COC1OC(CO)C(O)C(O)C1O)C(O)/C=C/CC/C=C/CC/C=C/CCCCCC. The van der Waals surface area contributed by atoms with Crippen molar-refractivity contribution in [2.75, 3.05) is 19.8 Å². The average molecular weight is 984 g/mol. The lowest BCUT2D eigenvalue weighted by Crippen LogP contribution is -2.60. The summed E-state index contributed by atoms with van der Waals surface area (Å²) in [5.41, 5.74) is 0. The fourth-order valence-corrected chi connectivity index (χ4v) is 7.96. The molecule has 0 bridgehead atoms. The summed E-state index contributed by atoms with van der Waals surface area (Å²) < 4.78 is 16.6. The van der Waals surface area contributed by atoms with E-state index in [4.69, 9.17) is 14.2 Å². The van der Waals surface area contributed by atoms with Crippen molar-refractivity contribution in [3.05, 3.63) is 85.1 Å². The van der Waals surface area contributed by atoms with Crippen molar-refractivity contribution in [3.63, 3.8) is 0 Å². The molecule has 0 radical (unpaired) electrons. The second-order valence-electron chi connectivity index (χ2n) is 18.9. The summed E-state index contributed by atoms with van der Waals surface area (Å²) in [4.78, 5) is 25.0. The van der Waals surface area contributed by atoms with Crippen LogP contribution in [0.25, 0.3) is 0 Å². The van der Waals surface area contributed by atoms with Gasteiger partial charge in [-0.15, -0.1) is 0 Å². The molecule has 402 valence electrons. The minimum absolute atomic E-state index is 0.0593. The van der Waals surface area contributed by atoms with Gasteiger partial charge in [0.2, 0.25) is 5.91 Å². The van der Waals surface area contributed by atoms with E-state index >= 15 is 0 Å². The third-order valence-corrected chi connectivity index (χ3v) is 12.4. The Morgan fingerprint density at radius 1 is 0.543 bits per heavy atom. The van der Waals surface area contributed by atoms with Gasteiger partial charge in [-0.05, 0) is 116 Å². The normalized spacial score (nSPS) is 19.9. The van der Waals surface area contributed by atoms with Crippen molar-refractivity contribution < 1.29 is 49.3 Å². The van der Waals surface area contributed by atoms with E-state index in [0.717, 1.165) is 116 Å². The number of rotatable bonds is 46. The maximum Gasteiger partial charge on any atom is 0.305 e. The third kappa shape index (κ3) is 37.6. The van der Waals surface area contributed by atoms with E-state index in [2.05, 4.69) is 92.1 Å². The molecule has 70 heavy (non-hydrogen) atoms. The van der Waals surface area contributed by atoms with Crippen LogP contribution in [-0.2, 0) is 23.8 Å². The summed E-state index contributed by atoms with van der Waals surface area (Å²) in [6.45, 7) is 4.13. The van der Waals surface area contributed by atoms with Crippen molar-refractivity contribution in [1.82, 2.24) is 5.32 Å². The van der Waals surface area contributed by atoms with E-state index < -0.39 is 49.5 Å². The van der Waals surface area contributed by atoms with Crippen LogP contribution in [0.15, 0.2) is 85.1 Å². The lowest BCUT2D eigenvalue weighted by Gasteiger charge is -2.40. The maximum atomic E-state index is 13.0. The molecule has 1 fully saturated rings. The van der Waals surface area contributed by atoms with Gasteiger partial charge in [-0.25, -0.2) is 0 Å². The van der Waals surface area contributed by atoms with Crippen LogP contribution >= 0.6 is 0 Å². The number of carbonyl (C=O) groups excluding carboxylic acids is 2. The van der Waals surface area contributed by atoms with Gasteiger partial charge in [-0.3, -0.25) is 9.59 Å². The molecule has 1 saturated heterocycles. The predicted molar refractivity (Wildman–Crippen MR) is 287 cm³/mol. The molecule has 11 heteroatoms. The Hall–Kier alpha value is -3.16. The zero-order chi connectivity index (χ0) is 51.0. The molecule has 0 saturated carbocycles. The molecule has 1 rings (SSSR count). The predicted octanol–water partition coefficient (Wildman–Crippen LogP) is 12.2. The van der Waals surface area contributed by atoms with Gasteiger partial charge in [0.15, 0.2) is 6.29 Å². The quantitative estimate of drug-likeness (QED) is 0.0149. The minimum Gasteiger partial charge on any atom is -0.466 e. The number of hydrogen-bond donors (Lipinski definition) is 6. The van der Waals surface area contributed by atoms with E-state index in [1.54, 1.807) is 6.08 Å². The standard InChI is InChI=1S/C59H101NO10/c1-3-5-7-9-11-13-15-17-22-25-29-33-37-41-45-52(62)51(50-69-59-58(67)57(66)56(65)53(49-61)70-59)60-54(63)46-42-38-34-30-26-23-19-18-20-24-28-32-36-40-44-48-68-55(64)47-43-39-35-31-27-21-16-14-12-10-8-6-4-2/h8,10,13-16,18,20,24-25,28-29,41,45,51-53,56-59,61-62,65-67H,3-7,9,11-12,17,19,21-23,26-27,30-40,42-44,46-50H2,1-2H3,(H,60,63)/b10-8-,15-13+,16-14-,20-18-,28-24-,29-25+,45-41+. The number of amides is 1. The summed E-state index contributed by atoms with van der Waals surface area (Å²) in [6.07, 6.45) is 53.7. The van der Waals surface area contributed by atoms with Crippen LogP contribution in [0.3, 0.4) is 0 Å². The molecule has 0 spiro atoms. The molecule has 0 aromatic heterocycles. The smallest absolute Gasteiger partial charge is 0.305 e. The Bertz CT molecular complexity index is 1440. The molecule has 7 atom stereocenters. The Morgan fingerprint density at radius 3 is 1.64 bits per heavy atom. The number of unbranched alkanes of at least 4 members (excludes halogenated alkanes) is 21. The zero-order valence-corrected chi connectivity index (χ0v) is 43.9. The second-order valence-corrected chi connectivity index (χ2v) is 18.9. The molecular formula is C59H101NO10. The number of carbonyl (C=O) groups is 2. The van der Waals surface area contributed by atoms with Crippen molar-refractivity contribution >= 4 is 11.9 Å². The summed E-state index contributed by atoms with van der Waals surface area (Å²) in [7, 11) is 0. The molecule has 1 amide bonds. The van der Waals surface area contributed by atoms with Gasteiger partial charge < -0.3 is 45.1 Å². The highest BCUT2D eigenvalue weighted by atomic mass is 16.7. The largest absolute Gasteiger partial charge is 0.466 e. The molecule has 0 aromatic carbocycles. The Morgan fingerprint density at radius 2 is 1.04 bits per heavy atom. The molecule has 0 aromatic rings. The Balaban J connectivity index is 2.22. The van der Waals surface area contributed by atoms with Gasteiger partial charge in [-0.2, -0.15) is 0 Å². The molecule has 6 N–H and O–H groups in total. The first kappa shape index (κ1) is 64.9. The van der Waals surface area contributed by atoms with Crippen LogP contribution in [0.2, 0.25) is 0 Å². The van der Waals surface area contributed by atoms with Gasteiger partial charge in [-0.1, -0.05) is 170 Å². The average Bonchev–Trinajstić information content (AvgIpc) is 3.36. The van der Waals surface area contributed by atoms with Gasteiger partial charge in [0.05, 0.1) is 32.0 Å². The van der Waals surface area contributed by atoms with E-state index in [1.165, 1.54) is 57.8 Å². The molecular weight excluding hydrogens is 883 g/mol. The topological polar surface area (TPSA) is 175 Å². The van der Waals surface area contributed by atoms with E-state index in [-0.39, 0.29) is 18.5 Å². The second kappa shape index (κ2) is 48.1. The van der Waals surface area contributed by atoms with Gasteiger partial charge >= 0.3 is 5.97 Å². The number of nitrogens with one attached hydrogen (secondary N) is 1. The van der Waals surface area contributed by atoms with Crippen LogP contribution in [0.4, 0.5) is 0 Å². The maximum absolute atomic E-state index is 13.0. The van der Waals surface area contributed by atoms with Crippen LogP contribution < -0.4 is 5.32 Å². The molecule has 11 nitrogen and oxygen atoms in total. The summed E-state index contributed by atoms with van der Waals surface area (Å²) >= 11 is 0. The number of aliphatic hydroxyl groups excluding tert-OH is 5. The summed E-state index contributed by atoms with van der Waals surface area (Å²) in [5.74, 6) is -0.282. The molecule has 1 heterocycles. The van der Waals surface area contributed by atoms with Crippen molar-refractivity contribution in [2.45, 2.75) is 256 Å². The summed E-state index contributed by atoms with van der Waals surface area (Å²) in [6, 6.07) is -0.854. The van der Waals surface area contributed by atoms with Crippen LogP contribution in [0.1, 0.15) is 213 Å². The van der Waals surface area contributed by atoms with E-state index in [9.17, 15) is 35.1 Å². The summed E-state index contributed by atoms with van der Waals surface area (Å²) in [5, 5.41) is 54.3. The number of ether oxygens (including phenoxy) is 3. The fraction of sp³-hybridized carbons (Fsp3) is 0.729. The van der Waals surface area contributed by atoms with Crippen molar-refractivity contribution in [3.8, 4) is 0 Å². The molecule has 1 aliphatic heterocycles. The molecule has 0 aliphatic carbocycles. The monoisotopic (exact) mass is 984 g/mol. The zero-order valence-electron chi connectivity index (χ0n) is 43.9. The Labute approximate surface area is 425 Å². The highest BCUT2D eigenvalue weighted by Crippen LogP contribution is 2.22. The van der Waals surface area contributed by atoms with E-state index in [1.807, 2.05) is 6.08 Å². The van der Waals surface area contributed by atoms with Crippen LogP contribution in [0, 0.1) is 0 Å². The number of hydrogen-bond acceptors (Lipinski definition) is 10. The third-order valence-electron chi connectivity index (χ3n) is 12.4. The first-order valence-corrected chi connectivity index (χ1v) is 27.9. The first-order valence-electron chi connectivity index (χ1n) is 27.9. The first-order chi connectivity index (χ1) is 34.2. The lowest BCUT2D eigenvalue weighted by molar-refractivity contribution is -0.302. The fourth-order valence-electron chi connectivity index (χ4n) is 7.96. The highest BCUT2D eigenvalue weighted by Gasteiger charge is 2.44. The van der Waals surface area contributed by atoms with Crippen LogP contribution in [-0.4, -0.2) is 100 Å². The number of allylic oxidation sites excluding steroid dienone is 13. The van der Waals surface area contributed by atoms with Gasteiger partial charge in [0.1, 0.15) is 24.4 Å². The van der Waals surface area contributed by atoms with Crippen LogP contribution in [0.5, 0.6) is 0 Å². The highest BCUT2D eigenvalue weighted by molar-refractivity contribution is 5.76.